The van der Waals surface area contributed by atoms with E-state index in [0.29, 0.717) is 23.9 Å². The van der Waals surface area contributed by atoms with E-state index in [4.69, 9.17) is 0 Å². The fourth-order valence-corrected chi connectivity index (χ4v) is 6.35. The molecule has 2 aromatic carbocycles. The van der Waals surface area contributed by atoms with Gasteiger partial charge in [-0.2, -0.15) is 0 Å². The minimum absolute atomic E-state index is 0.147. The SMILES string of the molecule is Cc1ccccc1NC(=O)[C@@H](Cc1ccccc1)N1C(=O)[C@H]2[C@@H]3C=C[C@H]([C@H]4C[C@H]34)[C@@H]2C1=O. The van der Waals surface area contributed by atoms with Crippen LogP contribution in [0.2, 0.25) is 0 Å². The van der Waals surface area contributed by atoms with Crippen LogP contribution in [-0.4, -0.2) is 28.7 Å². The van der Waals surface area contributed by atoms with Gasteiger partial charge in [0, 0.05) is 12.1 Å². The normalized spacial score (nSPS) is 32.5. The van der Waals surface area contributed by atoms with Crippen molar-refractivity contribution in [2.75, 3.05) is 5.32 Å². The van der Waals surface area contributed by atoms with Crippen molar-refractivity contribution in [2.24, 2.45) is 35.5 Å². The van der Waals surface area contributed by atoms with Gasteiger partial charge in [-0.05, 0) is 54.2 Å². The fourth-order valence-electron chi connectivity index (χ4n) is 6.35. The number of nitrogens with zero attached hydrogens (tertiary/aromatic N) is 1. The van der Waals surface area contributed by atoms with Gasteiger partial charge in [-0.3, -0.25) is 19.3 Å². The van der Waals surface area contributed by atoms with E-state index in [1.807, 2.05) is 61.5 Å². The molecule has 1 aliphatic heterocycles. The monoisotopic (exact) mass is 426 g/mol. The number of likely N-dealkylation sites (tertiary alicyclic amines) is 1. The number of para-hydroxylation sites is 1. The van der Waals surface area contributed by atoms with Crippen molar-refractivity contribution in [3.63, 3.8) is 0 Å². The zero-order valence-electron chi connectivity index (χ0n) is 18.0. The first kappa shape index (κ1) is 19.5. The van der Waals surface area contributed by atoms with Crippen molar-refractivity contribution in [3.05, 3.63) is 77.9 Å². The van der Waals surface area contributed by atoms with Crippen LogP contribution in [0.5, 0.6) is 0 Å². The minimum atomic E-state index is -0.863. The third kappa shape index (κ3) is 2.87. The highest BCUT2D eigenvalue weighted by Crippen LogP contribution is 2.65. The lowest BCUT2D eigenvalue weighted by molar-refractivity contribution is -0.146. The molecule has 3 amide bonds. The molecule has 2 aromatic rings. The van der Waals surface area contributed by atoms with Gasteiger partial charge in [0.25, 0.3) is 0 Å². The second-order valence-corrected chi connectivity index (χ2v) is 9.71. The van der Waals surface area contributed by atoms with Crippen molar-refractivity contribution in [1.82, 2.24) is 4.90 Å². The number of hydrogen-bond donors (Lipinski definition) is 1. The Labute approximate surface area is 187 Å². The molecule has 2 bridgehead atoms. The van der Waals surface area contributed by atoms with E-state index in [0.717, 1.165) is 17.5 Å². The second kappa shape index (κ2) is 7.16. The third-order valence-electron chi connectivity index (χ3n) is 7.99. The fraction of sp³-hybridized carbons (Fsp3) is 0.370. The van der Waals surface area contributed by atoms with Crippen molar-refractivity contribution in [3.8, 4) is 0 Å². The average molecular weight is 427 g/mol. The van der Waals surface area contributed by atoms with Gasteiger partial charge in [-0.25, -0.2) is 0 Å². The van der Waals surface area contributed by atoms with Crippen LogP contribution in [0.25, 0.3) is 0 Å². The Bertz CT molecular complexity index is 1100. The first-order chi connectivity index (χ1) is 15.5. The molecule has 2 saturated carbocycles. The molecule has 1 heterocycles. The lowest BCUT2D eigenvalue weighted by atomic mass is 9.63. The predicted octanol–water partition coefficient (Wildman–Crippen LogP) is 3.60. The van der Waals surface area contributed by atoms with Crippen LogP contribution in [0.3, 0.4) is 0 Å². The Hall–Kier alpha value is -3.21. The molecule has 0 unspecified atom stereocenters. The van der Waals surface area contributed by atoms with Crippen molar-refractivity contribution >= 4 is 23.4 Å². The van der Waals surface area contributed by atoms with E-state index in [1.165, 1.54) is 4.90 Å². The number of rotatable bonds is 5. The summed E-state index contributed by atoms with van der Waals surface area (Å²) in [4.78, 5) is 42.1. The maximum Gasteiger partial charge on any atom is 0.248 e. The maximum absolute atomic E-state index is 13.7. The van der Waals surface area contributed by atoms with Gasteiger partial charge in [0.05, 0.1) is 11.8 Å². The quantitative estimate of drug-likeness (QED) is 0.587. The first-order valence-corrected chi connectivity index (χ1v) is 11.5. The zero-order valence-corrected chi connectivity index (χ0v) is 18.0. The van der Waals surface area contributed by atoms with Crippen molar-refractivity contribution in [1.29, 1.82) is 0 Å². The van der Waals surface area contributed by atoms with Crippen LogP contribution in [0.4, 0.5) is 5.69 Å². The summed E-state index contributed by atoms with van der Waals surface area (Å²) in [5.74, 6) is 0.135. The Morgan fingerprint density at radius 1 is 0.938 bits per heavy atom. The number of benzene rings is 2. The third-order valence-corrected chi connectivity index (χ3v) is 7.99. The Kier molecular flexibility index (Phi) is 4.36. The molecule has 5 heteroatoms. The second-order valence-electron chi connectivity index (χ2n) is 9.71. The molecule has 5 aliphatic rings. The van der Waals surface area contributed by atoms with E-state index in [1.54, 1.807) is 0 Å². The van der Waals surface area contributed by atoms with Gasteiger partial charge in [-0.15, -0.1) is 0 Å². The van der Waals surface area contributed by atoms with E-state index in [2.05, 4.69) is 17.5 Å². The molecule has 1 N–H and O–H groups in total. The van der Waals surface area contributed by atoms with E-state index >= 15 is 0 Å². The lowest BCUT2D eigenvalue weighted by Gasteiger charge is -2.37. The minimum Gasteiger partial charge on any atom is -0.324 e. The number of carbonyl (C=O) groups is 3. The summed E-state index contributed by atoms with van der Waals surface area (Å²) in [6, 6.07) is 16.3. The summed E-state index contributed by atoms with van der Waals surface area (Å²) in [6.07, 6.45) is 5.75. The average Bonchev–Trinajstić information content (AvgIpc) is 3.58. The topological polar surface area (TPSA) is 66.5 Å². The summed E-state index contributed by atoms with van der Waals surface area (Å²) in [6.45, 7) is 1.93. The molecule has 0 radical (unpaired) electrons. The van der Waals surface area contributed by atoms with Gasteiger partial charge in [0.2, 0.25) is 17.7 Å². The molecule has 162 valence electrons. The Morgan fingerprint density at radius 2 is 1.53 bits per heavy atom. The molecule has 7 atom stereocenters. The number of aryl methyl sites for hydroxylation is 1. The lowest BCUT2D eigenvalue weighted by Crippen LogP contribution is -2.49. The molecule has 3 fully saturated rings. The molecular formula is C27H26N2O3. The molecule has 7 rings (SSSR count). The summed E-state index contributed by atoms with van der Waals surface area (Å²) in [5.41, 5.74) is 2.57. The number of imide groups is 1. The van der Waals surface area contributed by atoms with Gasteiger partial charge in [0.15, 0.2) is 0 Å². The number of hydrogen-bond acceptors (Lipinski definition) is 3. The summed E-state index contributed by atoms with van der Waals surface area (Å²) in [7, 11) is 0. The number of anilines is 1. The van der Waals surface area contributed by atoms with E-state index < -0.39 is 6.04 Å². The van der Waals surface area contributed by atoms with Crippen molar-refractivity contribution in [2.45, 2.75) is 25.8 Å². The molecule has 32 heavy (non-hydrogen) atoms. The highest BCUT2D eigenvalue weighted by atomic mass is 16.2. The van der Waals surface area contributed by atoms with Crippen LogP contribution in [0.1, 0.15) is 17.5 Å². The smallest absolute Gasteiger partial charge is 0.248 e. The molecule has 0 aromatic heterocycles. The summed E-state index contributed by atoms with van der Waals surface area (Å²) < 4.78 is 0. The molecule has 1 saturated heterocycles. The van der Waals surface area contributed by atoms with Gasteiger partial charge in [-0.1, -0.05) is 60.7 Å². The number of carbonyl (C=O) groups excluding carboxylic acids is 3. The van der Waals surface area contributed by atoms with Crippen LogP contribution in [0, 0.1) is 42.4 Å². The largest absolute Gasteiger partial charge is 0.324 e. The van der Waals surface area contributed by atoms with Crippen LogP contribution < -0.4 is 5.32 Å². The summed E-state index contributed by atoms with van der Waals surface area (Å²) in [5, 5.41) is 2.98. The highest BCUT2D eigenvalue weighted by molar-refractivity contribution is 6.10. The van der Waals surface area contributed by atoms with E-state index in [9.17, 15) is 14.4 Å². The highest BCUT2D eigenvalue weighted by Gasteiger charge is 2.67. The Balaban J connectivity index is 1.34. The molecular weight excluding hydrogens is 400 g/mol. The van der Waals surface area contributed by atoms with Crippen LogP contribution in [-0.2, 0) is 20.8 Å². The number of allylic oxidation sites excluding steroid dienone is 2. The Morgan fingerprint density at radius 3 is 2.16 bits per heavy atom. The standard InChI is InChI=1S/C27H26N2O3/c1-15-7-5-6-10-21(15)28-25(30)22(13-16-8-3-2-4-9-16)29-26(31)23-17-11-12-18(20-14-19(17)20)24(23)27(29)32/h2-12,17-20,22-24H,13-14H2,1H3,(H,28,30)/t17-,18-,19-,20-,22-,23+,24+/m1/s1. The first-order valence-electron chi connectivity index (χ1n) is 11.5. The maximum atomic E-state index is 13.7. The summed E-state index contributed by atoms with van der Waals surface area (Å²) >= 11 is 0. The predicted molar refractivity (Wildman–Crippen MR) is 120 cm³/mol. The molecule has 0 spiro atoms. The van der Waals surface area contributed by atoms with Gasteiger partial charge in [0.1, 0.15) is 6.04 Å². The number of nitrogens with one attached hydrogen (secondary N) is 1. The van der Waals surface area contributed by atoms with Gasteiger partial charge >= 0.3 is 0 Å². The van der Waals surface area contributed by atoms with Crippen molar-refractivity contribution < 1.29 is 14.4 Å². The zero-order chi connectivity index (χ0) is 22.0. The van der Waals surface area contributed by atoms with E-state index in [-0.39, 0.29) is 41.4 Å². The van der Waals surface area contributed by atoms with Crippen LogP contribution in [0.15, 0.2) is 66.7 Å². The molecule has 5 nitrogen and oxygen atoms in total. The molecule has 4 aliphatic carbocycles. The van der Waals surface area contributed by atoms with Crippen LogP contribution >= 0.6 is 0 Å². The number of amides is 3. The van der Waals surface area contributed by atoms with Gasteiger partial charge < -0.3 is 5.32 Å².